The monoisotopic (exact) mass is 413 g/mol. The number of carbonyl (C=O) groups excluding carboxylic acids is 2. The molecule has 0 bridgehead atoms. The minimum absolute atomic E-state index is 0.0419. The summed E-state index contributed by atoms with van der Waals surface area (Å²) in [6.45, 7) is 4.15. The second kappa shape index (κ2) is 9.13. The van der Waals surface area contributed by atoms with Gasteiger partial charge in [-0.3, -0.25) is 9.59 Å². The maximum absolute atomic E-state index is 12.7. The van der Waals surface area contributed by atoms with Crippen molar-refractivity contribution in [3.8, 4) is 0 Å². The van der Waals surface area contributed by atoms with Gasteiger partial charge in [-0.25, -0.2) is 0 Å². The lowest BCUT2D eigenvalue weighted by Crippen LogP contribution is -2.26. The highest BCUT2D eigenvalue weighted by molar-refractivity contribution is 8.06. The van der Waals surface area contributed by atoms with Gasteiger partial charge in [-0.15, -0.1) is 0 Å². The Morgan fingerprint density at radius 1 is 1.11 bits per heavy atom. The minimum Gasteiger partial charge on any atom is -0.465 e. The average Bonchev–Trinajstić information content (AvgIpc) is 3.05. The van der Waals surface area contributed by atoms with Crippen LogP contribution in [0, 0.1) is 6.92 Å². The molecule has 1 aliphatic heterocycles. The summed E-state index contributed by atoms with van der Waals surface area (Å²) in [6, 6.07) is 14.8. The first-order valence-corrected chi connectivity index (χ1v) is 10.1. The standard InChI is InChI=1S/C22H20ClNO3S/c1-3-27-22(26)13-24-19(16-6-4-15(2)5-7-16)14-28-21(24)12-20(25)17-8-10-18(23)11-9-17/h4-12,14H,3,13H2,1-2H3/b21-12-. The number of thioether (sulfide) groups is 1. The number of ketones is 1. The van der Waals surface area contributed by atoms with Crippen LogP contribution >= 0.6 is 23.4 Å². The highest BCUT2D eigenvalue weighted by Crippen LogP contribution is 2.39. The molecule has 6 heteroatoms. The summed E-state index contributed by atoms with van der Waals surface area (Å²) in [4.78, 5) is 26.6. The summed E-state index contributed by atoms with van der Waals surface area (Å²) >= 11 is 7.31. The van der Waals surface area contributed by atoms with Crippen LogP contribution in [-0.4, -0.2) is 29.8 Å². The summed E-state index contributed by atoms with van der Waals surface area (Å²) in [7, 11) is 0. The summed E-state index contributed by atoms with van der Waals surface area (Å²) in [5.41, 5.74) is 3.54. The molecule has 1 heterocycles. The molecule has 144 valence electrons. The maximum atomic E-state index is 12.7. The van der Waals surface area contributed by atoms with Crippen molar-refractivity contribution in [3.05, 3.63) is 86.8 Å². The van der Waals surface area contributed by atoms with Crippen molar-refractivity contribution in [2.75, 3.05) is 13.2 Å². The fourth-order valence-corrected chi connectivity index (χ4v) is 3.82. The van der Waals surface area contributed by atoms with Crippen molar-refractivity contribution in [1.29, 1.82) is 0 Å². The number of aryl methyl sites for hydroxylation is 1. The van der Waals surface area contributed by atoms with Crippen molar-refractivity contribution >= 4 is 40.8 Å². The van der Waals surface area contributed by atoms with Crippen LogP contribution in [0.5, 0.6) is 0 Å². The van der Waals surface area contributed by atoms with E-state index in [4.69, 9.17) is 16.3 Å². The molecule has 0 saturated heterocycles. The summed E-state index contributed by atoms with van der Waals surface area (Å²) in [5, 5.41) is 3.21. The molecule has 0 aromatic heterocycles. The Morgan fingerprint density at radius 3 is 2.43 bits per heavy atom. The molecule has 0 atom stereocenters. The summed E-state index contributed by atoms with van der Waals surface area (Å²) < 4.78 is 5.11. The van der Waals surface area contributed by atoms with Crippen LogP contribution in [0.15, 0.2) is 65.0 Å². The van der Waals surface area contributed by atoms with Crippen molar-refractivity contribution in [2.24, 2.45) is 0 Å². The number of rotatable bonds is 6. The number of halogens is 1. The van der Waals surface area contributed by atoms with Crippen LogP contribution in [0.3, 0.4) is 0 Å². The first kappa shape index (κ1) is 20.2. The molecule has 0 saturated carbocycles. The number of nitrogens with zero attached hydrogens (tertiary/aromatic N) is 1. The molecule has 0 fully saturated rings. The molecule has 0 amide bonds. The van der Waals surface area contributed by atoms with Gasteiger partial charge in [0.2, 0.25) is 0 Å². The van der Waals surface area contributed by atoms with Gasteiger partial charge in [0.05, 0.1) is 17.3 Å². The molecule has 4 nitrogen and oxygen atoms in total. The molecule has 2 aromatic carbocycles. The van der Waals surface area contributed by atoms with Gasteiger partial charge < -0.3 is 9.64 Å². The van der Waals surface area contributed by atoms with E-state index in [1.807, 2.05) is 41.5 Å². The highest BCUT2D eigenvalue weighted by atomic mass is 35.5. The van der Waals surface area contributed by atoms with E-state index >= 15 is 0 Å². The Bertz CT molecular complexity index is 933. The molecule has 3 rings (SSSR count). The third kappa shape index (κ3) is 4.86. The summed E-state index contributed by atoms with van der Waals surface area (Å²) in [5.74, 6) is -0.487. The zero-order valence-corrected chi connectivity index (χ0v) is 17.2. The predicted molar refractivity (Wildman–Crippen MR) is 114 cm³/mol. The number of ether oxygens (including phenoxy) is 1. The van der Waals surface area contributed by atoms with Crippen LogP contribution in [0.25, 0.3) is 5.70 Å². The van der Waals surface area contributed by atoms with Gasteiger partial charge in [-0.1, -0.05) is 53.2 Å². The number of hydrogen-bond acceptors (Lipinski definition) is 5. The van der Waals surface area contributed by atoms with Crippen LogP contribution in [0.4, 0.5) is 0 Å². The molecule has 28 heavy (non-hydrogen) atoms. The van der Waals surface area contributed by atoms with E-state index in [0.717, 1.165) is 16.8 Å². The van der Waals surface area contributed by atoms with Crippen molar-refractivity contribution in [2.45, 2.75) is 13.8 Å². The van der Waals surface area contributed by atoms with Crippen LogP contribution in [0.2, 0.25) is 5.02 Å². The van der Waals surface area contributed by atoms with Crippen molar-refractivity contribution in [3.63, 3.8) is 0 Å². The largest absolute Gasteiger partial charge is 0.465 e. The predicted octanol–water partition coefficient (Wildman–Crippen LogP) is 5.28. The number of hydrogen-bond donors (Lipinski definition) is 0. The number of carbonyl (C=O) groups is 2. The topological polar surface area (TPSA) is 46.6 Å². The van der Waals surface area contributed by atoms with Crippen molar-refractivity contribution < 1.29 is 14.3 Å². The second-order valence-corrected chi connectivity index (χ2v) is 7.56. The molecule has 2 aromatic rings. The van der Waals surface area contributed by atoms with E-state index in [-0.39, 0.29) is 18.3 Å². The van der Waals surface area contributed by atoms with Gasteiger partial charge in [-0.2, -0.15) is 0 Å². The fraction of sp³-hybridized carbons (Fsp3) is 0.182. The molecule has 0 aliphatic carbocycles. The molecule has 0 N–H and O–H groups in total. The van der Waals surface area contributed by atoms with E-state index in [9.17, 15) is 9.59 Å². The van der Waals surface area contributed by atoms with Gasteiger partial charge in [0.25, 0.3) is 0 Å². The quantitative estimate of drug-likeness (QED) is 0.366. The minimum atomic E-state index is -0.340. The zero-order chi connectivity index (χ0) is 20.1. The number of allylic oxidation sites excluding steroid dienone is 1. The lowest BCUT2D eigenvalue weighted by molar-refractivity contribution is -0.143. The smallest absolute Gasteiger partial charge is 0.325 e. The Hall–Kier alpha value is -2.50. The zero-order valence-electron chi connectivity index (χ0n) is 15.6. The lowest BCUT2D eigenvalue weighted by Gasteiger charge is -2.22. The van der Waals surface area contributed by atoms with E-state index in [1.165, 1.54) is 11.8 Å². The molecule has 1 aliphatic rings. The van der Waals surface area contributed by atoms with Crippen LogP contribution in [0.1, 0.15) is 28.4 Å². The normalized spacial score (nSPS) is 14.9. The van der Waals surface area contributed by atoms with E-state index < -0.39 is 0 Å². The van der Waals surface area contributed by atoms with E-state index in [2.05, 4.69) is 0 Å². The second-order valence-electron chi connectivity index (χ2n) is 6.23. The van der Waals surface area contributed by atoms with Crippen molar-refractivity contribution in [1.82, 2.24) is 4.90 Å². The summed E-state index contributed by atoms with van der Waals surface area (Å²) in [6.07, 6.45) is 1.55. The number of esters is 1. The van der Waals surface area contributed by atoms with E-state index in [1.54, 1.807) is 37.3 Å². The number of benzene rings is 2. The molecule has 0 spiro atoms. The molecule has 0 unspecified atom stereocenters. The van der Waals surface area contributed by atoms with Gasteiger partial charge in [0.15, 0.2) is 5.78 Å². The Balaban J connectivity index is 1.89. The first-order chi connectivity index (χ1) is 13.5. The lowest BCUT2D eigenvalue weighted by atomic mass is 10.1. The third-order valence-corrected chi connectivity index (χ3v) is 5.34. The average molecular weight is 414 g/mol. The third-order valence-electron chi connectivity index (χ3n) is 4.17. The van der Waals surface area contributed by atoms with Gasteiger partial charge in [-0.05, 0) is 43.7 Å². The molecular weight excluding hydrogens is 394 g/mol. The Kier molecular flexibility index (Phi) is 6.60. The SMILES string of the molecule is CCOC(=O)CN1C(c2ccc(C)cc2)=CS/C1=C\C(=O)c1ccc(Cl)cc1. The molecular formula is C22H20ClNO3S. The van der Waals surface area contributed by atoms with E-state index in [0.29, 0.717) is 22.2 Å². The first-order valence-electron chi connectivity index (χ1n) is 8.86. The maximum Gasteiger partial charge on any atom is 0.325 e. The fourth-order valence-electron chi connectivity index (χ4n) is 2.73. The van der Waals surface area contributed by atoms with Gasteiger partial charge >= 0.3 is 5.97 Å². The Morgan fingerprint density at radius 2 is 1.79 bits per heavy atom. The highest BCUT2D eigenvalue weighted by Gasteiger charge is 2.26. The Labute approximate surface area is 173 Å². The molecule has 0 radical (unpaired) electrons. The van der Waals surface area contributed by atoms with Gasteiger partial charge in [0, 0.05) is 22.1 Å². The van der Waals surface area contributed by atoms with Crippen LogP contribution < -0.4 is 0 Å². The van der Waals surface area contributed by atoms with Gasteiger partial charge in [0.1, 0.15) is 6.54 Å². The van der Waals surface area contributed by atoms with Crippen LogP contribution in [-0.2, 0) is 9.53 Å².